The van der Waals surface area contributed by atoms with E-state index in [1.54, 1.807) is 0 Å². The number of nitrogens with zero attached hydrogens (tertiary/aromatic N) is 1. The van der Waals surface area contributed by atoms with Crippen molar-refractivity contribution in [3.05, 3.63) is 34.9 Å². The Kier molecular flexibility index (Phi) is 2.49. The molecule has 2 heteroatoms. The van der Waals surface area contributed by atoms with E-state index in [9.17, 15) is 0 Å². The first-order chi connectivity index (χ1) is 7.70. The van der Waals surface area contributed by atoms with Crippen LogP contribution >= 0.6 is 0 Å². The number of hydrogen-bond acceptors (Lipinski definition) is 2. The molecule has 2 nitrogen and oxygen atoms in total. The molecule has 1 aromatic rings. The number of aryl methyl sites for hydroxylation is 2. The van der Waals surface area contributed by atoms with Crippen LogP contribution in [0.5, 0.6) is 0 Å². The number of piperidine rings is 1. The molecular weight excluding hydrogens is 196 g/mol. The Balaban J connectivity index is 1.69. The van der Waals surface area contributed by atoms with E-state index >= 15 is 0 Å². The van der Waals surface area contributed by atoms with Gasteiger partial charge in [0.15, 0.2) is 0 Å². The maximum atomic E-state index is 3.58. The van der Waals surface area contributed by atoms with Crippen LogP contribution in [0.4, 0.5) is 0 Å². The molecule has 86 valence electrons. The fourth-order valence-electron chi connectivity index (χ4n) is 3.00. The van der Waals surface area contributed by atoms with Gasteiger partial charge >= 0.3 is 0 Å². The molecule has 0 aromatic heterocycles. The summed E-state index contributed by atoms with van der Waals surface area (Å²) in [5.74, 6) is 0. The predicted octanol–water partition coefficient (Wildman–Crippen LogP) is 1.85. The highest BCUT2D eigenvalue weighted by Crippen LogP contribution is 2.23. The van der Waals surface area contributed by atoms with Crippen molar-refractivity contribution < 1.29 is 0 Å². The van der Waals surface area contributed by atoms with Gasteiger partial charge in [0.2, 0.25) is 0 Å². The summed E-state index contributed by atoms with van der Waals surface area (Å²) in [5.41, 5.74) is 4.29. The van der Waals surface area contributed by atoms with Gasteiger partial charge in [-0.3, -0.25) is 4.90 Å². The van der Waals surface area contributed by atoms with Crippen molar-refractivity contribution in [1.29, 1.82) is 0 Å². The number of fused-ring (bicyclic) bond motifs is 2. The van der Waals surface area contributed by atoms with Crippen molar-refractivity contribution in [3.8, 4) is 0 Å². The zero-order valence-electron chi connectivity index (χ0n) is 10.2. The molecule has 0 radical (unpaired) electrons. The standard InChI is InChI=1S/C14H20N2/c1-10-3-4-12(11(2)5-10)7-16-8-13-6-14(9-16)15-13/h3-5,13-15H,6-9H2,1-2H3. The molecule has 2 atom stereocenters. The predicted molar refractivity (Wildman–Crippen MR) is 66.5 cm³/mol. The van der Waals surface area contributed by atoms with Gasteiger partial charge in [-0.2, -0.15) is 0 Å². The minimum absolute atomic E-state index is 0.768. The number of hydrogen-bond donors (Lipinski definition) is 1. The number of piperazine rings is 1. The average molecular weight is 216 g/mol. The van der Waals surface area contributed by atoms with E-state index in [-0.39, 0.29) is 0 Å². The van der Waals surface area contributed by atoms with E-state index in [1.807, 2.05) is 0 Å². The maximum Gasteiger partial charge on any atom is 0.0237 e. The summed E-state index contributed by atoms with van der Waals surface area (Å²) in [6, 6.07) is 8.34. The molecule has 0 amide bonds. The summed E-state index contributed by atoms with van der Waals surface area (Å²) in [6.07, 6.45) is 1.39. The van der Waals surface area contributed by atoms with Crippen LogP contribution in [0.25, 0.3) is 0 Å². The molecule has 1 aromatic carbocycles. The maximum absolute atomic E-state index is 3.58. The molecule has 3 saturated heterocycles. The van der Waals surface area contributed by atoms with Gasteiger partial charge in [-0.1, -0.05) is 23.8 Å². The van der Waals surface area contributed by atoms with Gasteiger partial charge in [0.25, 0.3) is 0 Å². The van der Waals surface area contributed by atoms with Gasteiger partial charge in [0, 0.05) is 31.7 Å². The van der Waals surface area contributed by atoms with E-state index in [0.29, 0.717) is 0 Å². The third-order valence-electron chi connectivity index (χ3n) is 3.89. The first-order valence-corrected chi connectivity index (χ1v) is 6.25. The normalized spacial score (nSPS) is 28.9. The summed E-state index contributed by atoms with van der Waals surface area (Å²) in [4.78, 5) is 2.59. The number of nitrogens with one attached hydrogen (secondary N) is 1. The minimum atomic E-state index is 0.768. The molecule has 0 aliphatic carbocycles. The van der Waals surface area contributed by atoms with Gasteiger partial charge in [0.1, 0.15) is 0 Å². The molecule has 3 aliphatic rings. The minimum Gasteiger partial charge on any atom is -0.309 e. The summed E-state index contributed by atoms with van der Waals surface area (Å²) in [6.45, 7) is 7.97. The summed E-state index contributed by atoms with van der Waals surface area (Å²) >= 11 is 0. The van der Waals surface area contributed by atoms with Crippen LogP contribution in [0.3, 0.4) is 0 Å². The second-order valence-corrected chi connectivity index (χ2v) is 5.42. The van der Waals surface area contributed by atoms with Crippen molar-refractivity contribution >= 4 is 0 Å². The first-order valence-electron chi connectivity index (χ1n) is 6.25. The van der Waals surface area contributed by atoms with Gasteiger partial charge in [-0.05, 0) is 31.4 Å². The molecule has 1 N–H and O–H groups in total. The fourth-order valence-corrected chi connectivity index (χ4v) is 3.00. The van der Waals surface area contributed by atoms with E-state index < -0.39 is 0 Å². The molecule has 0 spiro atoms. The second-order valence-electron chi connectivity index (χ2n) is 5.42. The van der Waals surface area contributed by atoms with Gasteiger partial charge < -0.3 is 5.32 Å². The van der Waals surface area contributed by atoms with Crippen LogP contribution in [-0.4, -0.2) is 30.1 Å². The van der Waals surface area contributed by atoms with E-state index in [2.05, 4.69) is 42.3 Å². The van der Waals surface area contributed by atoms with Crippen LogP contribution in [0.15, 0.2) is 18.2 Å². The molecule has 3 aliphatic heterocycles. The highest BCUT2D eigenvalue weighted by molar-refractivity contribution is 5.30. The van der Waals surface area contributed by atoms with Crippen molar-refractivity contribution in [2.24, 2.45) is 0 Å². The highest BCUT2D eigenvalue weighted by atomic mass is 15.3. The zero-order valence-corrected chi connectivity index (χ0v) is 10.2. The molecule has 16 heavy (non-hydrogen) atoms. The Morgan fingerprint density at radius 1 is 1.25 bits per heavy atom. The van der Waals surface area contributed by atoms with E-state index in [0.717, 1.165) is 18.6 Å². The molecular formula is C14H20N2. The lowest BCUT2D eigenvalue weighted by atomic mass is 9.91. The average Bonchev–Trinajstić information content (AvgIpc) is 2.21. The zero-order chi connectivity index (χ0) is 11.1. The SMILES string of the molecule is Cc1ccc(CN2CC3CC(C2)N3)c(C)c1. The Bertz CT molecular complexity index is 384. The monoisotopic (exact) mass is 216 g/mol. The van der Waals surface area contributed by atoms with Crippen LogP contribution < -0.4 is 5.32 Å². The Labute approximate surface area is 97.6 Å². The van der Waals surface area contributed by atoms with Gasteiger partial charge in [-0.25, -0.2) is 0 Å². The highest BCUT2D eigenvalue weighted by Gasteiger charge is 2.36. The molecule has 4 rings (SSSR count). The van der Waals surface area contributed by atoms with Crippen molar-refractivity contribution in [2.45, 2.75) is 38.9 Å². The molecule has 0 saturated carbocycles. The number of rotatable bonds is 2. The number of benzene rings is 1. The topological polar surface area (TPSA) is 15.3 Å². The summed E-state index contributed by atoms with van der Waals surface area (Å²) in [7, 11) is 0. The van der Waals surface area contributed by atoms with Crippen LogP contribution in [0, 0.1) is 13.8 Å². The summed E-state index contributed by atoms with van der Waals surface area (Å²) < 4.78 is 0. The third kappa shape index (κ3) is 1.87. The first kappa shape index (κ1) is 10.3. The lowest BCUT2D eigenvalue weighted by molar-refractivity contribution is 0.0724. The summed E-state index contributed by atoms with van der Waals surface area (Å²) in [5, 5.41) is 3.58. The van der Waals surface area contributed by atoms with Crippen LogP contribution in [-0.2, 0) is 6.54 Å². The molecule has 3 fully saturated rings. The molecule has 2 bridgehead atoms. The third-order valence-corrected chi connectivity index (χ3v) is 3.89. The Hall–Kier alpha value is -0.860. The van der Waals surface area contributed by atoms with Crippen molar-refractivity contribution in [2.75, 3.05) is 13.1 Å². The smallest absolute Gasteiger partial charge is 0.0237 e. The molecule has 3 heterocycles. The van der Waals surface area contributed by atoms with Crippen molar-refractivity contribution in [3.63, 3.8) is 0 Å². The van der Waals surface area contributed by atoms with E-state index in [4.69, 9.17) is 0 Å². The fraction of sp³-hybridized carbons (Fsp3) is 0.571. The lowest BCUT2D eigenvalue weighted by Crippen LogP contribution is -2.66. The van der Waals surface area contributed by atoms with Crippen LogP contribution in [0.2, 0.25) is 0 Å². The van der Waals surface area contributed by atoms with E-state index in [1.165, 1.54) is 36.2 Å². The van der Waals surface area contributed by atoms with Gasteiger partial charge in [0.05, 0.1) is 0 Å². The van der Waals surface area contributed by atoms with Gasteiger partial charge in [-0.15, -0.1) is 0 Å². The Morgan fingerprint density at radius 3 is 2.56 bits per heavy atom. The second kappa shape index (κ2) is 3.86. The largest absolute Gasteiger partial charge is 0.309 e. The van der Waals surface area contributed by atoms with Crippen molar-refractivity contribution in [1.82, 2.24) is 10.2 Å². The quantitative estimate of drug-likeness (QED) is 0.811. The van der Waals surface area contributed by atoms with Crippen LogP contribution in [0.1, 0.15) is 23.1 Å². The Morgan fingerprint density at radius 2 is 1.94 bits per heavy atom. The molecule has 2 unspecified atom stereocenters. The lowest BCUT2D eigenvalue weighted by Gasteiger charge is -2.48.